The minimum atomic E-state index is -0.457. The molecular formula is C11H24N2O2. The molecule has 0 aromatic heterocycles. The summed E-state index contributed by atoms with van der Waals surface area (Å²) in [5.41, 5.74) is 5.45. The topological polar surface area (TPSA) is 58.7 Å². The molecule has 4 heteroatoms. The van der Waals surface area contributed by atoms with Gasteiger partial charge in [0.1, 0.15) is 0 Å². The van der Waals surface area contributed by atoms with Crippen LogP contribution in [0.15, 0.2) is 0 Å². The summed E-state index contributed by atoms with van der Waals surface area (Å²) in [6.07, 6.45) is 1.12. The van der Waals surface area contributed by atoms with E-state index in [1.807, 2.05) is 6.92 Å². The second-order valence-electron chi connectivity index (χ2n) is 5.05. The molecule has 3 N–H and O–H groups in total. The fourth-order valence-electron chi connectivity index (χ4n) is 1.76. The van der Waals surface area contributed by atoms with Gasteiger partial charge < -0.3 is 15.6 Å². The highest BCUT2D eigenvalue weighted by molar-refractivity contribution is 4.82. The van der Waals surface area contributed by atoms with Crippen LogP contribution in [0.4, 0.5) is 0 Å². The molecule has 0 aromatic rings. The number of nitrogens with zero attached hydrogens (tertiary/aromatic N) is 1. The molecule has 0 radical (unpaired) electrons. The van der Waals surface area contributed by atoms with E-state index >= 15 is 0 Å². The molecule has 1 saturated heterocycles. The molecule has 0 saturated carbocycles. The van der Waals surface area contributed by atoms with E-state index in [4.69, 9.17) is 15.6 Å². The third kappa shape index (κ3) is 4.07. The molecule has 0 aromatic carbocycles. The van der Waals surface area contributed by atoms with Crippen LogP contribution >= 0.6 is 0 Å². The Morgan fingerprint density at radius 3 is 2.80 bits per heavy atom. The molecule has 0 bridgehead atoms. The molecule has 0 spiro atoms. The van der Waals surface area contributed by atoms with Gasteiger partial charge in [-0.3, -0.25) is 4.90 Å². The van der Waals surface area contributed by atoms with Crippen LogP contribution in [0.25, 0.3) is 0 Å². The summed E-state index contributed by atoms with van der Waals surface area (Å²) in [6.45, 7) is 8.88. The first kappa shape index (κ1) is 12.9. The third-order valence-corrected chi connectivity index (χ3v) is 3.07. The molecule has 1 aliphatic rings. The number of hydrogen-bond acceptors (Lipinski definition) is 4. The zero-order valence-corrected chi connectivity index (χ0v) is 10.1. The normalized spacial score (nSPS) is 32.6. The smallest absolute Gasteiger partial charge is 0.0674 e. The maximum absolute atomic E-state index is 9.07. The Morgan fingerprint density at radius 2 is 2.20 bits per heavy atom. The van der Waals surface area contributed by atoms with Gasteiger partial charge in [-0.1, -0.05) is 0 Å². The lowest BCUT2D eigenvalue weighted by atomic mass is 10.00. The lowest BCUT2D eigenvalue weighted by Crippen LogP contribution is -2.50. The van der Waals surface area contributed by atoms with Crippen LogP contribution in [0.1, 0.15) is 27.2 Å². The summed E-state index contributed by atoms with van der Waals surface area (Å²) in [6, 6.07) is 0.454. The van der Waals surface area contributed by atoms with Crippen molar-refractivity contribution in [2.24, 2.45) is 5.73 Å². The Hall–Kier alpha value is -0.160. The average molecular weight is 216 g/mol. The predicted octanol–water partition coefficient (Wildman–Crippen LogP) is 0.195. The van der Waals surface area contributed by atoms with E-state index in [0.29, 0.717) is 12.1 Å². The molecule has 0 amide bonds. The lowest BCUT2D eigenvalue weighted by Gasteiger charge is -2.38. The van der Waals surface area contributed by atoms with Crippen molar-refractivity contribution in [3.05, 3.63) is 0 Å². The van der Waals surface area contributed by atoms with Crippen LogP contribution in [0.3, 0.4) is 0 Å². The first-order valence-electron chi connectivity index (χ1n) is 5.70. The standard InChI is InChI=1S/C11H24N2O2/c1-9-7-15-10(2)6-13(9)5-4-11(3,12)8-14/h9-10,14H,4-8,12H2,1-3H3. The van der Waals surface area contributed by atoms with Crippen molar-refractivity contribution in [1.29, 1.82) is 0 Å². The number of morpholine rings is 1. The number of ether oxygens (including phenoxy) is 1. The van der Waals surface area contributed by atoms with E-state index < -0.39 is 5.54 Å². The van der Waals surface area contributed by atoms with Crippen LogP contribution < -0.4 is 5.73 Å². The summed E-state index contributed by atoms with van der Waals surface area (Å²) in [5, 5.41) is 9.07. The molecule has 1 heterocycles. The van der Waals surface area contributed by atoms with Crippen molar-refractivity contribution < 1.29 is 9.84 Å². The van der Waals surface area contributed by atoms with Crippen LogP contribution in [-0.4, -0.2) is 54.0 Å². The third-order valence-electron chi connectivity index (χ3n) is 3.07. The largest absolute Gasteiger partial charge is 0.394 e. The molecule has 1 fully saturated rings. The van der Waals surface area contributed by atoms with E-state index in [-0.39, 0.29) is 6.61 Å². The summed E-state index contributed by atoms with van der Waals surface area (Å²) in [4.78, 5) is 2.38. The molecule has 1 aliphatic heterocycles. The SMILES string of the molecule is CC1CN(CCC(C)(N)CO)C(C)CO1. The monoisotopic (exact) mass is 216 g/mol. The van der Waals surface area contributed by atoms with Crippen LogP contribution in [0, 0.1) is 0 Å². The molecule has 90 valence electrons. The lowest BCUT2D eigenvalue weighted by molar-refractivity contribution is -0.0516. The first-order chi connectivity index (χ1) is 6.94. The number of aliphatic hydroxyl groups is 1. The Balaban J connectivity index is 2.36. The minimum Gasteiger partial charge on any atom is -0.394 e. The highest BCUT2D eigenvalue weighted by atomic mass is 16.5. The second-order valence-corrected chi connectivity index (χ2v) is 5.05. The summed E-state index contributed by atoms with van der Waals surface area (Å²) < 4.78 is 5.56. The van der Waals surface area contributed by atoms with Gasteiger partial charge in [0.05, 0.1) is 19.3 Å². The van der Waals surface area contributed by atoms with Crippen molar-refractivity contribution in [2.75, 3.05) is 26.3 Å². The molecular weight excluding hydrogens is 192 g/mol. The predicted molar refractivity (Wildman–Crippen MR) is 60.7 cm³/mol. The molecule has 1 rings (SSSR count). The zero-order chi connectivity index (χ0) is 11.5. The highest BCUT2D eigenvalue weighted by Gasteiger charge is 2.25. The summed E-state index contributed by atoms with van der Waals surface area (Å²) >= 11 is 0. The van der Waals surface area contributed by atoms with Crippen LogP contribution in [-0.2, 0) is 4.74 Å². The van der Waals surface area contributed by atoms with E-state index in [1.165, 1.54) is 0 Å². The fraction of sp³-hybridized carbons (Fsp3) is 1.00. The maximum atomic E-state index is 9.07. The van der Waals surface area contributed by atoms with Gasteiger partial charge in [-0.15, -0.1) is 0 Å². The molecule has 15 heavy (non-hydrogen) atoms. The van der Waals surface area contributed by atoms with Crippen LogP contribution in [0.5, 0.6) is 0 Å². The summed E-state index contributed by atoms with van der Waals surface area (Å²) in [7, 11) is 0. The summed E-state index contributed by atoms with van der Waals surface area (Å²) in [5.74, 6) is 0. The molecule has 4 nitrogen and oxygen atoms in total. The van der Waals surface area contributed by atoms with Gasteiger partial charge in [-0.25, -0.2) is 0 Å². The van der Waals surface area contributed by atoms with Crippen molar-refractivity contribution >= 4 is 0 Å². The van der Waals surface area contributed by atoms with E-state index in [1.54, 1.807) is 0 Å². The van der Waals surface area contributed by atoms with Gasteiger partial charge in [0.2, 0.25) is 0 Å². The van der Waals surface area contributed by atoms with Crippen molar-refractivity contribution in [1.82, 2.24) is 4.90 Å². The Bertz CT molecular complexity index is 197. The Labute approximate surface area is 92.4 Å². The Kier molecular flexibility index (Phi) is 4.52. The fourth-order valence-corrected chi connectivity index (χ4v) is 1.76. The van der Waals surface area contributed by atoms with Gasteiger partial charge in [0, 0.05) is 24.7 Å². The van der Waals surface area contributed by atoms with E-state index in [2.05, 4.69) is 18.7 Å². The van der Waals surface area contributed by atoms with Gasteiger partial charge in [0.15, 0.2) is 0 Å². The van der Waals surface area contributed by atoms with Crippen molar-refractivity contribution in [2.45, 2.75) is 44.9 Å². The molecule has 3 unspecified atom stereocenters. The molecule has 0 aliphatic carbocycles. The molecule has 3 atom stereocenters. The number of nitrogens with two attached hydrogens (primary N) is 1. The van der Waals surface area contributed by atoms with Crippen molar-refractivity contribution in [3.8, 4) is 0 Å². The average Bonchev–Trinajstić information content (AvgIpc) is 2.20. The van der Waals surface area contributed by atoms with Crippen molar-refractivity contribution in [3.63, 3.8) is 0 Å². The minimum absolute atomic E-state index is 0.0429. The van der Waals surface area contributed by atoms with Crippen LogP contribution in [0.2, 0.25) is 0 Å². The number of hydrogen-bond donors (Lipinski definition) is 2. The first-order valence-corrected chi connectivity index (χ1v) is 5.70. The van der Waals surface area contributed by atoms with E-state index in [0.717, 1.165) is 26.1 Å². The van der Waals surface area contributed by atoms with Gasteiger partial charge >= 0.3 is 0 Å². The zero-order valence-electron chi connectivity index (χ0n) is 10.1. The van der Waals surface area contributed by atoms with Gasteiger partial charge in [-0.2, -0.15) is 0 Å². The second kappa shape index (κ2) is 5.25. The maximum Gasteiger partial charge on any atom is 0.0674 e. The highest BCUT2D eigenvalue weighted by Crippen LogP contribution is 2.14. The quantitative estimate of drug-likeness (QED) is 0.704. The number of aliphatic hydroxyl groups excluding tert-OH is 1. The van der Waals surface area contributed by atoms with E-state index in [9.17, 15) is 0 Å². The van der Waals surface area contributed by atoms with Gasteiger partial charge in [-0.05, 0) is 27.2 Å². The number of rotatable bonds is 4. The van der Waals surface area contributed by atoms with Gasteiger partial charge in [0.25, 0.3) is 0 Å². The Morgan fingerprint density at radius 1 is 1.53 bits per heavy atom.